The van der Waals surface area contributed by atoms with E-state index in [0.29, 0.717) is 0 Å². The fourth-order valence-electron chi connectivity index (χ4n) is 0.733. The van der Waals surface area contributed by atoms with Crippen LogP contribution in [0.15, 0.2) is 0 Å². The molecule has 5 heteroatoms. The smallest absolute Gasteiger partial charge is 0.0603 e. The molecular formula is C4H11NOS3. The SMILES string of the molecule is S[SH](S)N1CCOCC1. The molecular weight excluding hydrogens is 174 g/mol. The van der Waals surface area contributed by atoms with E-state index in [1.807, 2.05) is 0 Å². The maximum absolute atomic E-state index is 5.15. The fourth-order valence-corrected chi connectivity index (χ4v) is 2.33. The predicted octanol–water partition coefficient (Wildman–Crippen LogP) is 0.924. The number of rotatable bonds is 1. The van der Waals surface area contributed by atoms with Gasteiger partial charge in [0, 0.05) is 13.1 Å². The lowest BCUT2D eigenvalue weighted by atomic mass is 10.5. The highest BCUT2D eigenvalue weighted by Gasteiger charge is 2.11. The number of nitrogens with zero attached hydrogens (tertiary/aromatic N) is 1. The Morgan fingerprint density at radius 1 is 1.22 bits per heavy atom. The lowest BCUT2D eigenvalue weighted by molar-refractivity contribution is 0.0777. The van der Waals surface area contributed by atoms with Crippen molar-refractivity contribution in [3.63, 3.8) is 0 Å². The average Bonchev–Trinajstić information content (AvgIpc) is 1.90. The van der Waals surface area contributed by atoms with E-state index in [-0.39, 0.29) is 0 Å². The number of thiol groups is 3. The van der Waals surface area contributed by atoms with Crippen molar-refractivity contribution in [3.05, 3.63) is 0 Å². The van der Waals surface area contributed by atoms with E-state index in [0.717, 1.165) is 26.3 Å². The molecule has 0 radical (unpaired) electrons. The van der Waals surface area contributed by atoms with Gasteiger partial charge in [-0.15, -0.1) is 32.5 Å². The molecule has 1 aliphatic rings. The Hall–Kier alpha value is 0.970. The second kappa shape index (κ2) is 3.98. The molecule has 0 aromatic heterocycles. The molecule has 0 amide bonds. The monoisotopic (exact) mass is 185 g/mol. The van der Waals surface area contributed by atoms with Gasteiger partial charge in [0.2, 0.25) is 0 Å². The van der Waals surface area contributed by atoms with Crippen LogP contribution in [0.4, 0.5) is 0 Å². The third-order valence-corrected chi connectivity index (χ3v) is 3.66. The minimum absolute atomic E-state index is 0.476. The predicted molar refractivity (Wildman–Crippen MR) is 49.4 cm³/mol. The van der Waals surface area contributed by atoms with E-state index in [1.54, 1.807) is 0 Å². The second-order valence-corrected chi connectivity index (χ2v) is 6.16. The first kappa shape index (κ1) is 8.07. The summed E-state index contributed by atoms with van der Waals surface area (Å²) in [5.41, 5.74) is 0. The van der Waals surface area contributed by atoms with Gasteiger partial charge in [-0.05, 0) is 0 Å². The van der Waals surface area contributed by atoms with Crippen LogP contribution in [0.2, 0.25) is 0 Å². The van der Waals surface area contributed by atoms with Crippen LogP contribution in [0.25, 0.3) is 0 Å². The Balaban J connectivity index is 2.23. The molecule has 0 aromatic rings. The van der Waals surface area contributed by atoms with E-state index in [1.165, 1.54) is 0 Å². The Kier molecular flexibility index (Phi) is 3.57. The minimum Gasteiger partial charge on any atom is -0.379 e. The number of hydrogen-bond acceptors (Lipinski definition) is 4. The Bertz CT molecular complexity index is 83.9. The van der Waals surface area contributed by atoms with Crippen molar-refractivity contribution in [2.75, 3.05) is 26.3 Å². The summed E-state index contributed by atoms with van der Waals surface area (Å²) < 4.78 is 7.38. The normalized spacial score (nSPS) is 24.0. The van der Waals surface area contributed by atoms with Gasteiger partial charge in [-0.2, -0.15) is 0 Å². The van der Waals surface area contributed by atoms with Gasteiger partial charge in [0.15, 0.2) is 0 Å². The van der Waals surface area contributed by atoms with Crippen molar-refractivity contribution < 1.29 is 4.74 Å². The van der Waals surface area contributed by atoms with Crippen molar-refractivity contribution in [1.82, 2.24) is 4.31 Å². The average molecular weight is 185 g/mol. The molecule has 0 saturated carbocycles. The summed E-state index contributed by atoms with van der Waals surface area (Å²) in [4.78, 5) is 0. The first-order valence-electron chi connectivity index (χ1n) is 2.81. The highest BCUT2D eigenvalue weighted by atomic mass is 33.5. The van der Waals surface area contributed by atoms with Crippen LogP contribution in [0.5, 0.6) is 0 Å². The summed E-state index contributed by atoms with van der Waals surface area (Å²) >= 11 is 8.48. The third-order valence-electron chi connectivity index (χ3n) is 1.24. The first-order chi connectivity index (χ1) is 4.30. The van der Waals surface area contributed by atoms with E-state index >= 15 is 0 Å². The zero-order chi connectivity index (χ0) is 6.69. The maximum Gasteiger partial charge on any atom is 0.0603 e. The first-order valence-corrected chi connectivity index (χ1v) is 6.41. The highest BCUT2D eigenvalue weighted by Crippen LogP contribution is 2.39. The molecule has 0 aromatic carbocycles. The highest BCUT2D eigenvalue weighted by molar-refractivity contribution is 9.08. The number of hydrogen-bond donors (Lipinski definition) is 3. The van der Waals surface area contributed by atoms with Crippen LogP contribution in [0, 0.1) is 0 Å². The molecule has 0 aliphatic carbocycles. The molecule has 1 heterocycles. The second-order valence-electron chi connectivity index (χ2n) is 1.83. The van der Waals surface area contributed by atoms with Crippen molar-refractivity contribution in [2.45, 2.75) is 0 Å². The quantitative estimate of drug-likeness (QED) is 0.415. The summed E-state index contributed by atoms with van der Waals surface area (Å²) in [7, 11) is -0.476. The molecule has 1 rings (SSSR count). The van der Waals surface area contributed by atoms with Gasteiger partial charge in [0.05, 0.1) is 13.2 Å². The van der Waals surface area contributed by atoms with Crippen LogP contribution in [0.3, 0.4) is 0 Å². The van der Waals surface area contributed by atoms with Gasteiger partial charge in [0.25, 0.3) is 0 Å². The molecule has 1 saturated heterocycles. The fraction of sp³-hybridized carbons (Fsp3) is 1.00. The number of ether oxygens (including phenoxy) is 1. The Morgan fingerprint density at radius 2 is 1.78 bits per heavy atom. The van der Waals surface area contributed by atoms with Crippen LogP contribution in [-0.2, 0) is 4.74 Å². The van der Waals surface area contributed by atoms with Gasteiger partial charge < -0.3 is 4.74 Å². The largest absolute Gasteiger partial charge is 0.379 e. The summed E-state index contributed by atoms with van der Waals surface area (Å²) in [5, 5.41) is 0. The van der Waals surface area contributed by atoms with E-state index < -0.39 is 9.15 Å². The standard InChI is InChI=1S/C4H11NOS3/c7-9(8)5-1-3-6-4-2-5/h7-9H,1-4H2. The van der Waals surface area contributed by atoms with Gasteiger partial charge in [-0.3, -0.25) is 0 Å². The van der Waals surface area contributed by atoms with Crippen LogP contribution in [-0.4, -0.2) is 30.6 Å². The van der Waals surface area contributed by atoms with Crippen LogP contribution in [0.1, 0.15) is 0 Å². The maximum atomic E-state index is 5.15. The topological polar surface area (TPSA) is 12.5 Å². The Labute approximate surface area is 68.0 Å². The van der Waals surface area contributed by atoms with Crippen LogP contribution < -0.4 is 0 Å². The van der Waals surface area contributed by atoms with Gasteiger partial charge in [0.1, 0.15) is 0 Å². The van der Waals surface area contributed by atoms with Crippen molar-refractivity contribution in [1.29, 1.82) is 0 Å². The van der Waals surface area contributed by atoms with Crippen molar-refractivity contribution in [2.24, 2.45) is 0 Å². The molecule has 56 valence electrons. The van der Waals surface area contributed by atoms with E-state index in [2.05, 4.69) is 27.6 Å². The van der Waals surface area contributed by atoms with Gasteiger partial charge >= 0.3 is 0 Å². The molecule has 0 N–H and O–H groups in total. The molecule has 9 heavy (non-hydrogen) atoms. The molecule has 1 aliphatic heterocycles. The molecule has 2 nitrogen and oxygen atoms in total. The lowest BCUT2D eigenvalue weighted by Crippen LogP contribution is -2.31. The zero-order valence-electron chi connectivity index (χ0n) is 5.03. The molecule has 0 bridgehead atoms. The molecule has 0 unspecified atom stereocenters. The lowest BCUT2D eigenvalue weighted by Gasteiger charge is -2.30. The van der Waals surface area contributed by atoms with Crippen molar-refractivity contribution in [3.8, 4) is 0 Å². The van der Waals surface area contributed by atoms with Gasteiger partial charge in [-0.25, -0.2) is 4.31 Å². The zero-order valence-corrected chi connectivity index (χ0v) is 7.71. The third kappa shape index (κ3) is 2.59. The molecule has 0 atom stereocenters. The number of morpholine rings is 1. The molecule has 1 fully saturated rings. The van der Waals surface area contributed by atoms with Crippen LogP contribution >= 0.6 is 32.5 Å². The van der Waals surface area contributed by atoms with Gasteiger partial charge in [-0.1, -0.05) is 0 Å². The minimum atomic E-state index is -0.476. The van der Waals surface area contributed by atoms with Crippen molar-refractivity contribution >= 4 is 32.5 Å². The van der Waals surface area contributed by atoms with E-state index in [9.17, 15) is 0 Å². The summed E-state index contributed by atoms with van der Waals surface area (Å²) in [6.45, 7) is 3.64. The summed E-state index contributed by atoms with van der Waals surface area (Å²) in [5.74, 6) is 0. The Morgan fingerprint density at radius 3 is 2.11 bits per heavy atom. The molecule has 0 spiro atoms. The summed E-state index contributed by atoms with van der Waals surface area (Å²) in [6.07, 6.45) is 0. The van der Waals surface area contributed by atoms with E-state index in [4.69, 9.17) is 4.74 Å². The summed E-state index contributed by atoms with van der Waals surface area (Å²) in [6, 6.07) is 0.